The maximum atomic E-state index is 5.75. The van der Waals surface area contributed by atoms with Crippen molar-refractivity contribution in [3.05, 3.63) is 60.0 Å². The molecule has 8 heteroatoms. The Balaban J connectivity index is 1.44. The van der Waals surface area contributed by atoms with E-state index >= 15 is 0 Å². The molecule has 3 aromatic rings. The van der Waals surface area contributed by atoms with Crippen molar-refractivity contribution in [3.8, 4) is 5.75 Å². The first-order valence-corrected chi connectivity index (χ1v) is 9.05. The van der Waals surface area contributed by atoms with Gasteiger partial charge >= 0.3 is 0 Å². The predicted octanol–water partition coefficient (Wildman–Crippen LogP) is 2.12. The third-order valence-corrected chi connectivity index (χ3v) is 4.87. The van der Waals surface area contributed by atoms with E-state index in [2.05, 4.69) is 20.6 Å². The van der Waals surface area contributed by atoms with Gasteiger partial charge in [0.05, 0.1) is 13.7 Å². The Hall–Kier alpha value is -2.71. The number of ether oxygens (including phenoxy) is 2. The SMILES string of the molecule is COc1cccc(COCc2noc(C3(n4cccn4)CCNCC3)n2)c1. The average molecular weight is 369 g/mol. The summed E-state index contributed by atoms with van der Waals surface area (Å²) in [6.07, 6.45) is 5.43. The van der Waals surface area contributed by atoms with Crippen LogP contribution in [-0.4, -0.2) is 40.1 Å². The normalized spacial score (nSPS) is 16.3. The number of nitrogens with one attached hydrogen (secondary N) is 1. The van der Waals surface area contributed by atoms with E-state index < -0.39 is 5.54 Å². The molecule has 0 saturated carbocycles. The molecule has 0 bridgehead atoms. The van der Waals surface area contributed by atoms with Gasteiger partial charge in [-0.25, -0.2) is 0 Å². The van der Waals surface area contributed by atoms with Crippen molar-refractivity contribution in [3.63, 3.8) is 0 Å². The zero-order valence-electron chi connectivity index (χ0n) is 15.3. The van der Waals surface area contributed by atoms with E-state index in [9.17, 15) is 0 Å². The molecule has 1 aliphatic heterocycles. The average Bonchev–Trinajstić information content (AvgIpc) is 3.41. The van der Waals surface area contributed by atoms with Gasteiger partial charge in [-0.2, -0.15) is 10.1 Å². The fourth-order valence-electron chi connectivity index (χ4n) is 3.43. The largest absolute Gasteiger partial charge is 0.497 e. The molecule has 0 spiro atoms. The lowest BCUT2D eigenvalue weighted by Gasteiger charge is -2.34. The number of benzene rings is 1. The minimum atomic E-state index is -0.396. The molecule has 1 N–H and O–H groups in total. The first-order chi connectivity index (χ1) is 13.3. The van der Waals surface area contributed by atoms with Crippen molar-refractivity contribution >= 4 is 0 Å². The summed E-state index contributed by atoms with van der Waals surface area (Å²) in [5.41, 5.74) is 0.636. The highest BCUT2D eigenvalue weighted by Gasteiger charge is 2.41. The molecule has 4 rings (SSSR count). The minimum Gasteiger partial charge on any atom is -0.497 e. The van der Waals surface area contributed by atoms with E-state index in [-0.39, 0.29) is 6.61 Å². The Bertz CT molecular complexity index is 856. The molecule has 0 atom stereocenters. The highest BCUT2D eigenvalue weighted by molar-refractivity contribution is 5.27. The molecule has 1 aliphatic rings. The molecule has 0 radical (unpaired) electrons. The highest BCUT2D eigenvalue weighted by Crippen LogP contribution is 2.33. The van der Waals surface area contributed by atoms with Crippen LogP contribution >= 0.6 is 0 Å². The van der Waals surface area contributed by atoms with E-state index in [0.717, 1.165) is 37.2 Å². The third-order valence-electron chi connectivity index (χ3n) is 4.87. The molecule has 1 saturated heterocycles. The predicted molar refractivity (Wildman–Crippen MR) is 97.2 cm³/mol. The van der Waals surface area contributed by atoms with E-state index in [1.807, 2.05) is 41.2 Å². The zero-order chi connectivity index (χ0) is 18.5. The summed E-state index contributed by atoms with van der Waals surface area (Å²) in [7, 11) is 1.65. The molecule has 0 unspecified atom stereocenters. The quantitative estimate of drug-likeness (QED) is 0.682. The van der Waals surface area contributed by atoms with E-state index in [1.54, 1.807) is 13.3 Å². The Morgan fingerprint density at radius 2 is 2.11 bits per heavy atom. The molecule has 0 aliphatic carbocycles. The molecule has 0 amide bonds. The third kappa shape index (κ3) is 3.72. The second-order valence-corrected chi connectivity index (χ2v) is 6.59. The Morgan fingerprint density at radius 3 is 2.89 bits per heavy atom. The maximum absolute atomic E-state index is 5.75. The summed E-state index contributed by atoms with van der Waals surface area (Å²) < 4.78 is 18.5. The van der Waals surface area contributed by atoms with Gasteiger partial charge in [0.15, 0.2) is 5.82 Å². The van der Waals surface area contributed by atoms with Gasteiger partial charge in [-0.3, -0.25) is 4.68 Å². The van der Waals surface area contributed by atoms with Crippen molar-refractivity contribution in [1.82, 2.24) is 25.2 Å². The van der Waals surface area contributed by atoms with Crippen LogP contribution in [0.25, 0.3) is 0 Å². The molecule has 3 heterocycles. The number of hydrogen-bond acceptors (Lipinski definition) is 7. The van der Waals surface area contributed by atoms with Gasteiger partial charge in [0, 0.05) is 12.4 Å². The zero-order valence-corrected chi connectivity index (χ0v) is 15.3. The van der Waals surface area contributed by atoms with Gasteiger partial charge in [0.25, 0.3) is 5.89 Å². The Morgan fingerprint density at radius 1 is 1.22 bits per heavy atom. The summed E-state index contributed by atoms with van der Waals surface area (Å²) in [6.45, 7) is 2.50. The monoisotopic (exact) mass is 369 g/mol. The van der Waals surface area contributed by atoms with Crippen LogP contribution in [0.1, 0.15) is 30.1 Å². The van der Waals surface area contributed by atoms with Gasteiger partial charge in [-0.15, -0.1) is 0 Å². The summed E-state index contributed by atoms with van der Waals surface area (Å²) in [5, 5.41) is 11.9. The lowest BCUT2D eigenvalue weighted by Crippen LogP contribution is -2.45. The second-order valence-electron chi connectivity index (χ2n) is 6.59. The highest BCUT2D eigenvalue weighted by atomic mass is 16.5. The van der Waals surface area contributed by atoms with Crippen LogP contribution in [0.4, 0.5) is 0 Å². The van der Waals surface area contributed by atoms with Crippen molar-refractivity contribution in [2.45, 2.75) is 31.6 Å². The van der Waals surface area contributed by atoms with Crippen LogP contribution in [0, 0.1) is 0 Å². The number of aromatic nitrogens is 4. The number of nitrogens with zero attached hydrogens (tertiary/aromatic N) is 4. The summed E-state index contributed by atoms with van der Waals surface area (Å²) >= 11 is 0. The first kappa shape index (κ1) is 17.7. The van der Waals surface area contributed by atoms with E-state index in [1.165, 1.54) is 0 Å². The number of methoxy groups -OCH3 is 1. The molecular weight excluding hydrogens is 346 g/mol. The van der Waals surface area contributed by atoms with Crippen LogP contribution in [0.2, 0.25) is 0 Å². The maximum Gasteiger partial charge on any atom is 0.254 e. The van der Waals surface area contributed by atoms with Crippen LogP contribution < -0.4 is 10.1 Å². The fraction of sp³-hybridized carbons (Fsp3) is 0.421. The van der Waals surface area contributed by atoms with Gasteiger partial charge in [0.2, 0.25) is 0 Å². The molecular formula is C19H23N5O3. The lowest BCUT2D eigenvalue weighted by molar-refractivity contribution is 0.0997. The summed E-state index contributed by atoms with van der Waals surface area (Å²) in [4.78, 5) is 4.61. The standard InChI is InChI=1S/C19H23N5O3/c1-25-16-5-2-4-15(12-16)13-26-14-17-22-18(27-23-17)19(6-9-20-10-7-19)24-11-3-8-21-24/h2-5,8,11-12,20H,6-7,9-10,13-14H2,1H3. The smallest absolute Gasteiger partial charge is 0.254 e. The van der Waals surface area contributed by atoms with Crippen molar-refractivity contribution < 1.29 is 14.0 Å². The summed E-state index contributed by atoms with van der Waals surface area (Å²) in [5.74, 6) is 1.94. The van der Waals surface area contributed by atoms with Gasteiger partial charge in [-0.1, -0.05) is 17.3 Å². The van der Waals surface area contributed by atoms with Crippen LogP contribution in [0.15, 0.2) is 47.2 Å². The van der Waals surface area contributed by atoms with Gasteiger partial charge in [0.1, 0.15) is 17.9 Å². The Labute approximate surface area is 157 Å². The fourth-order valence-corrected chi connectivity index (χ4v) is 3.43. The number of rotatable bonds is 7. The molecule has 8 nitrogen and oxygen atoms in total. The molecule has 142 valence electrons. The minimum absolute atomic E-state index is 0.286. The van der Waals surface area contributed by atoms with Crippen LogP contribution in [0.5, 0.6) is 5.75 Å². The number of hydrogen-bond donors (Lipinski definition) is 1. The first-order valence-electron chi connectivity index (χ1n) is 9.05. The molecule has 1 aromatic carbocycles. The molecule has 2 aromatic heterocycles. The topological polar surface area (TPSA) is 87.2 Å². The van der Waals surface area contributed by atoms with E-state index in [0.29, 0.717) is 18.3 Å². The molecule has 1 fully saturated rings. The van der Waals surface area contributed by atoms with Crippen LogP contribution in [0.3, 0.4) is 0 Å². The summed E-state index contributed by atoms with van der Waals surface area (Å²) in [6, 6.07) is 9.70. The second kappa shape index (κ2) is 7.89. The van der Waals surface area contributed by atoms with Crippen LogP contribution in [-0.2, 0) is 23.5 Å². The number of piperidine rings is 1. The van der Waals surface area contributed by atoms with Gasteiger partial charge in [-0.05, 0) is 49.7 Å². The lowest BCUT2D eigenvalue weighted by atomic mass is 9.88. The van der Waals surface area contributed by atoms with Crippen molar-refractivity contribution in [2.24, 2.45) is 0 Å². The molecule has 27 heavy (non-hydrogen) atoms. The van der Waals surface area contributed by atoms with E-state index in [4.69, 9.17) is 14.0 Å². The van der Waals surface area contributed by atoms with Crippen molar-refractivity contribution in [1.29, 1.82) is 0 Å². The van der Waals surface area contributed by atoms with Crippen molar-refractivity contribution in [2.75, 3.05) is 20.2 Å². The Kier molecular flexibility index (Phi) is 5.17. The van der Waals surface area contributed by atoms with Gasteiger partial charge < -0.3 is 19.3 Å².